The molecule has 0 saturated carbocycles. The maximum absolute atomic E-state index is 6.68. The molecule has 0 N–H and O–H groups in total. The number of fused-ring (bicyclic) bond motifs is 12. The van der Waals surface area contributed by atoms with Crippen LogP contribution in [-0.4, -0.2) is 33.2 Å². The predicted octanol–water partition coefficient (Wildman–Crippen LogP) is 34.2. The molecular weight excluding hydrogens is 1650 g/mol. The predicted molar refractivity (Wildman–Crippen MR) is 571 cm³/mol. The van der Waals surface area contributed by atoms with Gasteiger partial charge >= 0.3 is 0 Å². The van der Waals surface area contributed by atoms with E-state index in [9.17, 15) is 0 Å². The third-order valence-electron chi connectivity index (χ3n) is 29.2. The number of benzene rings is 25. The first-order valence-electron chi connectivity index (χ1n) is 46.6. The fourth-order valence-electron chi connectivity index (χ4n) is 23.5. The van der Waals surface area contributed by atoms with Crippen molar-refractivity contribution >= 4 is 234 Å². The van der Waals surface area contributed by atoms with Crippen molar-refractivity contribution < 1.29 is 4.42 Å². The summed E-state index contributed by atoms with van der Waals surface area (Å²) in [6.07, 6.45) is 1.92. The average molecular weight is 1730 g/mol. The first kappa shape index (κ1) is 74.5. The molecule has 0 fully saturated rings. The quantitative estimate of drug-likeness (QED) is 0.101. The molecule has 0 unspecified atom stereocenters. The average Bonchev–Trinajstić information content (AvgIpc) is 1.50. The van der Waals surface area contributed by atoms with Crippen LogP contribution in [0.5, 0.6) is 0 Å². The van der Waals surface area contributed by atoms with Crippen LogP contribution in [-0.2, 0) is 0 Å². The van der Waals surface area contributed by atoms with Crippen molar-refractivity contribution in [3.05, 3.63) is 449 Å². The Balaban J connectivity index is 0.0000000984. The molecule has 0 atom stereocenters. The number of furan rings is 1. The number of hydrogen-bond acceptors (Lipinski definition) is 5. The Labute approximate surface area is 776 Å². The van der Waals surface area contributed by atoms with Gasteiger partial charge in [0, 0.05) is 138 Å². The molecule has 0 aliphatic heterocycles. The summed E-state index contributed by atoms with van der Waals surface area (Å²) in [5.74, 6) is 0.840. The molecule has 9 heteroatoms. The standard InChI is InChI=1S/C50H30N2O.C44H26N2.C33H18N4/c1-3-11-31(12-4-1)32-23-26-36(27-24-32)51(35-14-5-2-6-15-35)37-16-10-17-38(29-37)52-41-28-25-34-22-21-33-13-9-19-40-45(33)46(34)49(41)50-42(52)30-44-47(48(40)50)39-18-7-8-20-43(39)53-44;1-3-10-27(11-4-1)28-20-23-32(24-21-28)46-38-25-22-30-19-18-29-12-9-16-34-35-26-36-33-15-7-8-17-37(33)45(31-13-5-2-6-14-31)43(36)44(46)41(35)42(38)40(30)39(29)34;1-2-7-21(8-3-1)31-33(36-24-11-5-4-10-23(24)35-31)37-25-12-6-9-22-29(25)30-26(37)16-15-19-13-14-20-17-18-34-32(22)28(20)27(19)30/h1-30H;1-26H;1-18H. The highest BCUT2D eigenvalue weighted by Gasteiger charge is 2.32. The highest BCUT2D eigenvalue weighted by Crippen LogP contribution is 2.56. The fraction of sp³-hybridized carbons (Fsp3) is 0. The lowest BCUT2D eigenvalue weighted by atomic mass is 9.88. The highest BCUT2D eigenvalue weighted by molar-refractivity contribution is 6.47. The van der Waals surface area contributed by atoms with Crippen molar-refractivity contribution in [3.8, 4) is 56.4 Å². The van der Waals surface area contributed by atoms with E-state index in [1.165, 1.54) is 201 Å². The Bertz CT molecular complexity index is 10400. The van der Waals surface area contributed by atoms with E-state index >= 15 is 0 Å². The number of para-hydroxylation sites is 6. The number of anilines is 3. The van der Waals surface area contributed by atoms with Crippen LogP contribution in [0, 0.1) is 0 Å². The minimum atomic E-state index is 0.840. The van der Waals surface area contributed by atoms with Gasteiger partial charge in [-0.1, -0.05) is 309 Å². The molecule has 0 amide bonds. The lowest BCUT2D eigenvalue weighted by molar-refractivity contribution is 0.669. The van der Waals surface area contributed by atoms with Crippen LogP contribution in [0.2, 0.25) is 0 Å². The van der Waals surface area contributed by atoms with Gasteiger partial charge in [-0.25, -0.2) is 9.97 Å². The topological polar surface area (TPSA) is 74.8 Å². The van der Waals surface area contributed by atoms with Gasteiger partial charge in [0.25, 0.3) is 0 Å². The Morgan fingerprint density at radius 2 is 0.662 bits per heavy atom. The van der Waals surface area contributed by atoms with Gasteiger partial charge in [-0.05, 0) is 209 Å². The zero-order valence-corrected chi connectivity index (χ0v) is 73.2. The van der Waals surface area contributed by atoms with Crippen molar-refractivity contribution in [2.75, 3.05) is 4.90 Å². The second kappa shape index (κ2) is 28.6. The van der Waals surface area contributed by atoms with Crippen LogP contribution >= 0.6 is 0 Å². The van der Waals surface area contributed by atoms with E-state index in [0.717, 1.165) is 89.5 Å². The molecule has 7 heterocycles. The Kier molecular flexibility index (Phi) is 15.7. The molecule has 0 spiro atoms. The van der Waals surface area contributed by atoms with Gasteiger partial charge in [-0.3, -0.25) is 9.55 Å². The van der Waals surface area contributed by atoms with E-state index in [1.807, 2.05) is 36.5 Å². The van der Waals surface area contributed by atoms with Crippen molar-refractivity contribution in [1.82, 2.24) is 33.2 Å². The summed E-state index contributed by atoms with van der Waals surface area (Å²) >= 11 is 0. The minimum absolute atomic E-state index is 0.840. The van der Waals surface area contributed by atoms with Crippen molar-refractivity contribution in [2.24, 2.45) is 0 Å². The third-order valence-corrected chi connectivity index (χ3v) is 29.2. The van der Waals surface area contributed by atoms with Gasteiger partial charge in [0.1, 0.15) is 16.9 Å². The highest BCUT2D eigenvalue weighted by atomic mass is 16.3. The van der Waals surface area contributed by atoms with Gasteiger partial charge in [0.05, 0.1) is 60.7 Å². The normalized spacial score (nSPS) is 12.3. The number of rotatable bonds is 10. The summed E-state index contributed by atoms with van der Waals surface area (Å²) in [6, 6.07) is 160. The zero-order valence-electron chi connectivity index (χ0n) is 73.2. The van der Waals surface area contributed by atoms with E-state index in [4.69, 9.17) is 19.4 Å². The fourth-order valence-corrected chi connectivity index (χ4v) is 23.5. The van der Waals surface area contributed by atoms with Gasteiger partial charge < -0.3 is 23.0 Å². The smallest absolute Gasteiger partial charge is 0.165 e. The van der Waals surface area contributed by atoms with E-state index in [0.29, 0.717) is 0 Å². The van der Waals surface area contributed by atoms with Crippen LogP contribution in [0.1, 0.15) is 0 Å². The molecule has 32 rings (SSSR count). The van der Waals surface area contributed by atoms with Crippen LogP contribution in [0.15, 0.2) is 453 Å². The minimum Gasteiger partial charge on any atom is -0.456 e. The van der Waals surface area contributed by atoms with Gasteiger partial charge in [-0.2, -0.15) is 0 Å². The maximum atomic E-state index is 6.68. The summed E-state index contributed by atoms with van der Waals surface area (Å²) in [5, 5.41) is 34.5. The summed E-state index contributed by atoms with van der Waals surface area (Å²) in [6.45, 7) is 0. The lowest BCUT2D eigenvalue weighted by Crippen LogP contribution is -2.10. The number of pyridine rings is 1. The second-order valence-electron chi connectivity index (χ2n) is 36.3. The van der Waals surface area contributed by atoms with Crippen LogP contribution in [0.3, 0.4) is 0 Å². The molecule has 0 aliphatic rings. The van der Waals surface area contributed by atoms with Gasteiger partial charge in [0.2, 0.25) is 0 Å². The summed E-state index contributed by atoms with van der Waals surface area (Å²) in [5.41, 5.74) is 27.7. The van der Waals surface area contributed by atoms with Crippen molar-refractivity contribution in [2.45, 2.75) is 0 Å². The number of nitrogens with zero attached hydrogens (tertiary/aromatic N) is 8. The number of aromatic nitrogens is 7. The SMILES string of the molecule is c1ccc(-c2ccc(-n3c4ccc5ccc6cccc7c8cc9c%10ccccc%10n(-c%10ccccc%10)c9c3c8c4c5c67)cc2)cc1.c1ccc(-c2ccc(N(c3ccccc3)c3cccc(-n4c5ccc6ccc7cccc8c7c6c5c5c8c6c(cc54)oc4ccccc46)c3)cc2)cc1.c1ccc(-c2nc3ccccc3nc2-n2c3cccc4c5nccc6ccc7ccc2c(c7c65)c43)cc1. The van der Waals surface area contributed by atoms with Crippen LogP contribution < -0.4 is 4.90 Å². The molecule has 628 valence electrons. The first-order valence-corrected chi connectivity index (χ1v) is 46.6. The van der Waals surface area contributed by atoms with Crippen molar-refractivity contribution in [3.63, 3.8) is 0 Å². The van der Waals surface area contributed by atoms with Crippen LogP contribution in [0.25, 0.3) is 274 Å². The van der Waals surface area contributed by atoms with E-state index < -0.39 is 0 Å². The van der Waals surface area contributed by atoms with Crippen molar-refractivity contribution in [1.29, 1.82) is 0 Å². The molecule has 136 heavy (non-hydrogen) atoms. The first-order chi connectivity index (χ1) is 67.5. The third kappa shape index (κ3) is 10.6. The van der Waals surface area contributed by atoms with Gasteiger partial charge in [-0.15, -0.1) is 0 Å². The Morgan fingerprint density at radius 3 is 1.36 bits per heavy atom. The van der Waals surface area contributed by atoms with E-state index in [2.05, 4.69) is 436 Å². The lowest BCUT2D eigenvalue weighted by Gasteiger charge is -2.26. The summed E-state index contributed by atoms with van der Waals surface area (Å²) < 4.78 is 16.5. The van der Waals surface area contributed by atoms with Gasteiger partial charge in [0.15, 0.2) is 5.82 Å². The molecular formula is C127H74N8O. The maximum Gasteiger partial charge on any atom is 0.165 e. The zero-order chi connectivity index (χ0) is 88.6. The Morgan fingerprint density at radius 1 is 0.206 bits per heavy atom. The molecule has 32 aromatic rings. The molecule has 0 bridgehead atoms. The summed E-state index contributed by atoms with van der Waals surface area (Å²) in [4.78, 5) is 17.6. The molecule has 9 nitrogen and oxygen atoms in total. The molecule has 0 radical (unpaired) electrons. The van der Waals surface area contributed by atoms with E-state index in [-0.39, 0.29) is 0 Å². The monoisotopic (exact) mass is 1730 g/mol. The second-order valence-corrected chi connectivity index (χ2v) is 36.3. The number of hydrogen-bond donors (Lipinski definition) is 0. The largest absolute Gasteiger partial charge is 0.456 e. The molecule has 0 saturated heterocycles. The summed E-state index contributed by atoms with van der Waals surface area (Å²) in [7, 11) is 0. The molecule has 25 aromatic carbocycles. The van der Waals surface area contributed by atoms with E-state index in [1.54, 1.807) is 0 Å². The Hall–Kier alpha value is -18.3. The molecule has 0 aliphatic carbocycles. The molecule has 7 aromatic heterocycles. The van der Waals surface area contributed by atoms with Crippen LogP contribution in [0.4, 0.5) is 17.1 Å².